The van der Waals surface area contributed by atoms with Crippen LogP contribution in [0.3, 0.4) is 0 Å². The molecule has 0 saturated heterocycles. The third-order valence-electron chi connectivity index (χ3n) is 3.59. The molecule has 7 nitrogen and oxygen atoms in total. The number of amides is 3. The monoisotopic (exact) mass is 501 g/mol. The standard InChI is InChI=1S/C19H18BrCl2N3O4/c1-2-29-16-6-3-11(20)9-13(16)19(28)25-24-18(27)8-7-17(26)23-15-5-4-12(21)10-14(15)22/h3-6,9-10H,2,7-8H2,1H3,(H,23,26)(H,24,27)(H,25,28). The third kappa shape index (κ3) is 7.23. The van der Waals surface area contributed by atoms with Crippen LogP contribution in [-0.4, -0.2) is 24.3 Å². The number of carbonyl (C=O) groups excluding carboxylic acids is 3. The Kier molecular flexibility index (Phi) is 8.75. The van der Waals surface area contributed by atoms with Crippen LogP contribution in [0.15, 0.2) is 40.9 Å². The Bertz CT molecular complexity index is 924. The Morgan fingerprint density at radius 3 is 2.41 bits per heavy atom. The number of anilines is 1. The lowest BCUT2D eigenvalue weighted by Gasteiger charge is -2.12. The van der Waals surface area contributed by atoms with Crippen LogP contribution in [0.2, 0.25) is 10.0 Å². The van der Waals surface area contributed by atoms with E-state index in [1.165, 1.54) is 6.07 Å². The number of hydrazine groups is 1. The topological polar surface area (TPSA) is 96.5 Å². The molecule has 0 aliphatic rings. The number of hydrogen-bond donors (Lipinski definition) is 3. The summed E-state index contributed by atoms with van der Waals surface area (Å²) in [5, 5.41) is 3.33. The molecule has 0 aliphatic heterocycles. The maximum absolute atomic E-state index is 12.3. The van der Waals surface area contributed by atoms with Crippen LogP contribution in [0.4, 0.5) is 5.69 Å². The second-order valence-electron chi connectivity index (χ2n) is 5.75. The molecule has 0 fully saturated rings. The number of rotatable bonds is 7. The summed E-state index contributed by atoms with van der Waals surface area (Å²) >= 11 is 15.1. The second kappa shape index (κ2) is 11.0. The van der Waals surface area contributed by atoms with Crippen molar-refractivity contribution in [2.75, 3.05) is 11.9 Å². The highest BCUT2D eigenvalue weighted by Crippen LogP contribution is 2.25. The van der Waals surface area contributed by atoms with Crippen molar-refractivity contribution >= 4 is 62.5 Å². The maximum atomic E-state index is 12.3. The van der Waals surface area contributed by atoms with Gasteiger partial charge in [0.2, 0.25) is 11.8 Å². The smallest absolute Gasteiger partial charge is 0.273 e. The molecule has 10 heteroatoms. The van der Waals surface area contributed by atoms with Crippen LogP contribution in [-0.2, 0) is 9.59 Å². The number of hydrogen-bond acceptors (Lipinski definition) is 4. The summed E-state index contributed by atoms with van der Waals surface area (Å²) in [5.74, 6) is -1.08. The molecule has 0 aromatic heterocycles. The molecule has 0 bridgehead atoms. The number of ether oxygens (including phenoxy) is 1. The van der Waals surface area contributed by atoms with Gasteiger partial charge in [0, 0.05) is 22.3 Å². The average Bonchev–Trinajstić information content (AvgIpc) is 2.68. The predicted octanol–water partition coefficient (Wildman–Crippen LogP) is 4.33. The summed E-state index contributed by atoms with van der Waals surface area (Å²) in [5.41, 5.74) is 5.24. The summed E-state index contributed by atoms with van der Waals surface area (Å²) in [6.45, 7) is 2.19. The van der Waals surface area contributed by atoms with Gasteiger partial charge in [0.15, 0.2) is 0 Å². The van der Waals surface area contributed by atoms with Crippen molar-refractivity contribution in [3.8, 4) is 5.75 Å². The van der Waals surface area contributed by atoms with Gasteiger partial charge in [-0.15, -0.1) is 0 Å². The molecule has 0 atom stereocenters. The molecule has 0 unspecified atom stereocenters. The van der Waals surface area contributed by atoms with E-state index in [1.807, 2.05) is 0 Å². The van der Waals surface area contributed by atoms with Crippen molar-refractivity contribution < 1.29 is 19.1 Å². The average molecular weight is 503 g/mol. The molecule has 3 amide bonds. The van der Waals surface area contributed by atoms with Crippen molar-refractivity contribution in [1.29, 1.82) is 0 Å². The molecule has 0 radical (unpaired) electrons. The van der Waals surface area contributed by atoms with Crippen molar-refractivity contribution in [2.24, 2.45) is 0 Å². The Morgan fingerprint density at radius 1 is 1.00 bits per heavy atom. The summed E-state index contributed by atoms with van der Waals surface area (Å²) in [4.78, 5) is 36.2. The molecular weight excluding hydrogens is 485 g/mol. The molecule has 3 N–H and O–H groups in total. The van der Waals surface area contributed by atoms with Gasteiger partial charge in [-0.2, -0.15) is 0 Å². The van der Waals surface area contributed by atoms with Gasteiger partial charge >= 0.3 is 0 Å². The first-order valence-electron chi connectivity index (χ1n) is 8.56. The minimum Gasteiger partial charge on any atom is -0.493 e. The number of benzene rings is 2. The highest BCUT2D eigenvalue weighted by atomic mass is 79.9. The largest absolute Gasteiger partial charge is 0.493 e. The molecule has 2 aromatic carbocycles. The van der Waals surface area contributed by atoms with Gasteiger partial charge in [0.05, 0.1) is 22.9 Å². The van der Waals surface area contributed by atoms with E-state index in [0.717, 1.165) is 0 Å². The zero-order valence-corrected chi connectivity index (χ0v) is 18.5. The number of carbonyl (C=O) groups is 3. The molecule has 2 rings (SSSR count). The third-order valence-corrected chi connectivity index (χ3v) is 4.63. The number of nitrogens with one attached hydrogen (secondary N) is 3. The van der Waals surface area contributed by atoms with E-state index in [9.17, 15) is 14.4 Å². The maximum Gasteiger partial charge on any atom is 0.273 e. The summed E-state index contributed by atoms with van der Waals surface area (Å²) in [7, 11) is 0. The van der Waals surface area contributed by atoms with E-state index < -0.39 is 17.7 Å². The van der Waals surface area contributed by atoms with Crippen molar-refractivity contribution in [1.82, 2.24) is 10.9 Å². The van der Waals surface area contributed by atoms with E-state index in [-0.39, 0.29) is 18.4 Å². The molecule has 29 heavy (non-hydrogen) atoms. The summed E-state index contributed by atoms with van der Waals surface area (Å²) in [6.07, 6.45) is -0.226. The normalized spacial score (nSPS) is 10.2. The SMILES string of the molecule is CCOc1ccc(Br)cc1C(=O)NNC(=O)CCC(=O)Nc1ccc(Cl)cc1Cl. The van der Waals surface area contributed by atoms with Gasteiger partial charge in [-0.3, -0.25) is 25.2 Å². The fourth-order valence-corrected chi connectivity index (χ4v) is 3.06. The van der Waals surface area contributed by atoms with Crippen LogP contribution in [0.25, 0.3) is 0 Å². The van der Waals surface area contributed by atoms with Gasteiger partial charge in [0.1, 0.15) is 5.75 Å². The van der Waals surface area contributed by atoms with Gasteiger partial charge in [-0.05, 0) is 43.3 Å². The van der Waals surface area contributed by atoms with E-state index >= 15 is 0 Å². The molecule has 2 aromatic rings. The first-order valence-corrected chi connectivity index (χ1v) is 10.1. The van der Waals surface area contributed by atoms with Gasteiger partial charge in [-0.25, -0.2) is 0 Å². The van der Waals surface area contributed by atoms with Crippen molar-refractivity contribution in [2.45, 2.75) is 19.8 Å². The Labute approximate surface area is 186 Å². The van der Waals surface area contributed by atoms with Gasteiger partial charge in [-0.1, -0.05) is 39.1 Å². The molecular formula is C19H18BrCl2N3O4. The van der Waals surface area contributed by atoms with Crippen LogP contribution < -0.4 is 20.9 Å². The molecule has 0 aliphatic carbocycles. The quantitative estimate of drug-likeness (QED) is 0.491. The van der Waals surface area contributed by atoms with Crippen molar-refractivity contribution in [3.63, 3.8) is 0 Å². The molecule has 0 spiro atoms. The first kappa shape index (κ1) is 23.0. The van der Waals surface area contributed by atoms with Crippen LogP contribution in [0.1, 0.15) is 30.1 Å². The van der Waals surface area contributed by atoms with Crippen molar-refractivity contribution in [3.05, 3.63) is 56.5 Å². The minimum atomic E-state index is -0.541. The zero-order valence-electron chi connectivity index (χ0n) is 15.4. The van der Waals surface area contributed by atoms with E-state index in [1.54, 1.807) is 37.3 Å². The van der Waals surface area contributed by atoms with E-state index in [2.05, 4.69) is 32.1 Å². The lowest BCUT2D eigenvalue weighted by molar-refractivity contribution is -0.124. The highest BCUT2D eigenvalue weighted by molar-refractivity contribution is 9.10. The lowest BCUT2D eigenvalue weighted by Crippen LogP contribution is -2.42. The summed E-state index contributed by atoms with van der Waals surface area (Å²) < 4.78 is 6.10. The fraction of sp³-hybridized carbons (Fsp3) is 0.211. The van der Waals surface area contributed by atoms with Crippen LogP contribution >= 0.6 is 39.1 Å². The summed E-state index contributed by atoms with van der Waals surface area (Å²) in [6, 6.07) is 9.62. The lowest BCUT2D eigenvalue weighted by atomic mass is 10.2. The predicted molar refractivity (Wildman–Crippen MR) is 115 cm³/mol. The minimum absolute atomic E-state index is 0.0955. The van der Waals surface area contributed by atoms with Crippen LogP contribution in [0.5, 0.6) is 5.75 Å². The fourth-order valence-electron chi connectivity index (χ4n) is 2.25. The van der Waals surface area contributed by atoms with E-state index in [0.29, 0.717) is 32.6 Å². The van der Waals surface area contributed by atoms with E-state index in [4.69, 9.17) is 27.9 Å². The second-order valence-corrected chi connectivity index (χ2v) is 7.51. The molecule has 0 heterocycles. The zero-order chi connectivity index (χ0) is 21.4. The van der Waals surface area contributed by atoms with Crippen LogP contribution in [0, 0.1) is 0 Å². The highest BCUT2D eigenvalue weighted by Gasteiger charge is 2.15. The first-order chi connectivity index (χ1) is 13.8. The molecule has 154 valence electrons. The Balaban J connectivity index is 1.83. The van der Waals surface area contributed by atoms with Gasteiger partial charge < -0.3 is 10.1 Å². The Hall–Kier alpha value is -2.29. The number of halogens is 3. The Morgan fingerprint density at radius 2 is 1.72 bits per heavy atom. The molecule has 0 saturated carbocycles. The van der Waals surface area contributed by atoms with Gasteiger partial charge in [0.25, 0.3) is 5.91 Å².